The van der Waals surface area contributed by atoms with E-state index in [1.165, 1.54) is 6.08 Å². The summed E-state index contributed by atoms with van der Waals surface area (Å²) in [4.78, 5) is 18.5. The van der Waals surface area contributed by atoms with Gasteiger partial charge >= 0.3 is 0 Å². The number of aliphatic hydroxyl groups is 2. The minimum Gasteiger partial charge on any atom is -0.510 e. The van der Waals surface area contributed by atoms with Crippen LogP contribution in [0.5, 0.6) is 0 Å². The highest BCUT2D eigenvalue weighted by atomic mass is 16.5. The number of nitrogen functional groups attached to an aromatic ring is 1. The number of nitrogens with two attached hydrogens (primary N) is 2. The van der Waals surface area contributed by atoms with Crippen LogP contribution in [0.15, 0.2) is 22.8 Å². The Morgan fingerprint density at radius 3 is 2.90 bits per heavy atom. The number of hydrogen-bond donors (Lipinski definition) is 5. The van der Waals surface area contributed by atoms with Gasteiger partial charge in [-0.1, -0.05) is 0 Å². The van der Waals surface area contributed by atoms with Crippen LogP contribution in [0.3, 0.4) is 0 Å². The van der Waals surface area contributed by atoms with E-state index in [-0.39, 0.29) is 30.4 Å². The van der Waals surface area contributed by atoms with Gasteiger partial charge in [0.1, 0.15) is 11.9 Å². The van der Waals surface area contributed by atoms with Crippen molar-refractivity contribution in [3.63, 3.8) is 0 Å². The molecular formula is C12H15N5O4. The Balaban J connectivity index is 2.18. The van der Waals surface area contributed by atoms with Crippen LogP contribution in [0.25, 0.3) is 11.0 Å². The van der Waals surface area contributed by atoms with Gasteiger partial charge in [0.2, 0.25) is 5.95 Å². The summed E-state index contributed by atoms with van der Waals surface area (Å²) in [6.45, 7) is -0.206. The van der Waals surface area contributed by atoms with Crippen molar-refractivity contribution >= 4 is 17.0 Å². The lowest BCUT2D eigenvalue weighted by Crippen LogP contribution is -2.18. The Labute approximate surface area is 118 Å². The monoisotopic (exact) mass is 293 g/mol. The van der Waals surface area contributed by atoms with Crippen LogP contribution in [0.4, 0.5) is 5.95 Å². The molecule has 2 unspecified atom stereocenters. The first-order valence-corrected chi connectivity index (χ1v) is 6.31. The molecule has 9 nitrogen and oxygen atoms in total. The number of aliphatic hydroxyl groups excluding tert-OH is 2. The quantitative estimate of drug-likeness (QED) is 0.491. The molecule has 2 aromatic heterocycles. The Morgan fingerprint density at radius 1 is 1.52 bits per heavy atom. The molecule has 0 aliphatic carbocycles. The third-order valence-corrected chi connectivity index (χ3v) is 3.39. The zero-order valence-corrected chi connectivity index (χ0v) is 11.0. The number of hydrogen-bond acceptors (Lipinski definition) is 7. The van der Waals surface area contributed by atoms with Gasteiger partial charge in [0.05, 0.1) is 12.0 Å². The van der Waals surface area contributed by atoms with Gasteiger partial charge in [-0.15, -0.1) is 0 Å². The number of rotatable bonds is 3. The summed E-state index contributed by atoms with van der Waals surface area (Å²) in [7, 11) is 0. The molecule has 0 radical (unpaired) electrons. The van der Waals surface area contributed by atoms with Crippen molar-refractivity contribution in [3.8, 4) is 0 Å². The number of fused-ring (bicyclic) bond motifs is 1. The minimum absolute atomic E-state index is 0.0275. The van der Waals surface area contributed by atoms with E-state index in [4.69, 9.17) is 21.3 Å². The Kier molecular flexibility index (Phi) is 3.16. The Hall–Kier alpha value is -2.36. The molecule has 0 aromatic carbocycles. The Bertz CT molecular complexity index is 778. The molecule has 0 amide bonds. The predicted octanol–water partition coefficient (Wildman–Crippen LogP) is -0.903. The molecule has 0 saturated heterocycles. The second-order valence-corrected chi connectivity index (χ2v) is 4.70. The van der Waals surface area contributed by atoms with Crippen molar-refractivity contribution < 1.29 is 14.9 Å². The fraction of sp³-hybridized carbons (Fsp3) is 0.333. The smallest absolute Gasteiger partial charge is 0.262 e. The Morgan fingerprint density at radius 2 is 2.29 bits per heavy atom. The summed E-state index contributed by atoms with van der Waals surface area (Å²) in [5.41, 5.74) is 11.7. The number of aromatic amines is 1. The van der Waals surface area contributed by atoms with Crippen LogP contribution >= 0.6 is 0 Å². The van der Waals surface area contributed by atoms with Crippen LogP contribution in [-0.2, 0) is 11.3 Å². The summed E-state index contributed by atoms with van der Waals surface area (Å²) in [6.07, 6.45) is 1.56. The van der Waals surface area contributed by atoms with Gasteiger partial charge in [-0.25, -0.2) is 0 Å². The summed E-state index contributed by atoms with van der Waals surface area (Å²) < 4.78 is 7.04. The van der Waals surface area contributed by atoms with Gasteiger partial charge in [0.25, 0.3) is 5.56 Å². The van der Waals surface area contributed by atoms with Gasteiger partial charge in [-0.2, -0.15) is 4.98 Å². The topological polar surface area (TPSA) is 152 Å². The first-order chi connectivity index (χ1) is 10.0. The average Bonchev–Trinajstić information content (AvgIpc) is 2.98. The fourth-order valence-corrected chi connectivity index (χ4v) is 2.41. The standard InChI is InChI=1S/C12H15N5O4/c13-2-5-3-17(8-1-6(19)7(4-18)21-8)10-9(5)11(20)16-12(14)15-10/h1,3,7-8,18-19H,2,4,13H2,(H3,14,15,16,20). The van der Waals surface area contributed by atoms with Crippen molar-refractivity contribution in [3.05, 3.63) is 33.9 Å². The largest absolute Gasteiger partial charge is 0.510 e. The van der Waals surface area contributed by atoms with E-state index in [2.05, 4.69) is 9.97 Å². The van der Waals surface area contributed by atoms with Gasteiger partial charge in [0.15, 0.2) is 11.9 Å². The first kappa shape index (κ1) is 13.6. The lowest BCUT2D eigenvalue weighted by molar-refractivity contribution is -0.0214. The van der Waals surface area contributed by atoms with Crippen molar-refractivity contribution in [1.82, 2.24) is 14.5 Å². The van der Waals surface area contributed by atoms with E-state index in [1.807, 2.05) is 0 Å². The zero-order valence-electron chi connectivity index (χ0n) is 11.0. The average molecular weight is 293 g/mol. The molecule has 0 spiro atoms. The third kappa shape index (κ3) is 2.07. The van der Waals surface area contributed by atoms with Crippen LogP contribution < -0.4 is 17.0 Å². The second kappa shape index (κ2) is 4.88. The number of H-pyrrole nitrogens is 1. The molecule has 7 N–H and O–H groups in total. The molecule has 2 atom stereocenters. The van der Waals surface area contributed by atoms with Crippen molar-refractivity contribution in [2.24, 2.45) is 5.73 Å². The molecule has 21 heavy (non-hydrogen) atoms. The summed E-state index contributed by atoms with van der Waals surface area (Å²) >= 11 is 0. The number of ether oxygens (including phenoxy) is 1. The molecule has 2 aromatic rings. The number of nitrogens with one attached hydrogen (secondary N) is 1. The summed E-state index contributed by atoms with van der Waals surface area (Å²) in [5, 5.41) is 19.1. The molecule has 0 saturated carbocycles. The zero-order chi connectivity index (χ0) is 15.1. The number of aromatic nitrogens is 3. The molecule has 0 fully saturated rings. The number of nitrogens with zero attached hydrogens (tertiary/aromatic N) is 2. The third-order valence-electron chi connectivity index (χ3n) is 3.39. The van der Waals surface area contributed by atoms with Gasteiger partial charge in [0, 0.05) is 18.8 Å². The molecule has 1 aliphatic rings. The fourth-order valence-electron chi connectivity index (χ4n) is 2.41. The lowest BCUT2D eigenvalue weighted by Gasteiger charge is -2.14. The maximum absolute atomic E-state index is 12.0. The first-order valence-electron chi connectivity index (χ1n) is 6.31. The molecule has 112 valence electrons. The van der Waals surface area contributed by atoms with Crippen molar-refractivity contribution in [2.45, 2.75) is 18.9 Å². The minimum atomic E-state index is -0.798. The van der Waals surface area contributed by atoms with E-state index in [0.717, 1.165) is 0 Å². The second-order valence-electron chi connectivity index (χ2n) is 4.70. The van der Waals surface area contributed by atoms with Crippen LogP contribution in [0, 0.1) is 0 Å². The highest BCUT2D eigenvalue weighted by molar-refractivity contribution is 5.80. The maximum atomic E-state index is 12.0. The van der Waals surface area contributed by atoms with E-state index in [9.17, 15) is 9.90 Å². The van der Waals surface area contributed by atoms with E-state index in [1.54, 1.807) is 10.8 Å². The van der Waals surface area contributed by atoms with E-state index >= 15 is 0 Å². The normalized spacial score (nSPS) is 21.9. The van der Waals surface area contributed by atoms with Crippen molar-refractivity contribution in [2.75, 3.05) is 12.3 Å². The molecule has 1 aliphatic heterocycles. The van der Waals surface area contributed by atoms with E-state index < -0.39 is 12.3 Å². The maximum Gasteiger partial charge on any atom is 0.262 e. The van der Waals surface area contributed by atoms with Gasteiger partial charge < -0.3 is 31.0 Å². The lowest BCUT2D eigenvalue weighted by atomic mass is 10.2. The molecule has 9 heteroatoms. The highest BCUT2D eigenvalue weighted by Crippen LogP contribution is 2.29. The molecule has 3 heterocycles. The summed E-state index contributed by atoms with van der Waals surface area (Å²) in [6, 6.07) is 0. The van der Waals surface area contributed by atoms with Crippen LogP contribution in [-0.4, -0.2) is 37.5 Å². The van der Waals surface area contributed by atoms with Crippen LogP contribution in [0.2, 0.25) is 0 Å². The van der Waals surface area contributed by atoms with Crippen molar-refractivity contribution in [1.29, 1.82) is 0 Å². The van der Waals surface area contributed by atoms with E-state index in [0.29, 0.717) is 16.6 Å². The van der Waals surface area contributed by atoms with Crippen LogP contribution in [0.1, 0.15) is 11.8 Å². The predicted molar refractivity (Wildman–Crippen MR) is 74.4 cm³/mol. The molecule has 0 bridgehead atoms. The highest BCUT2D eigenvalue weighted by Gasteiger charge is 2.29. The van der Waals surface area contributed by atoms with Gasteiger partial charge in [-0.05, 0) is 5.56 Å². The van der Waals surface area contributed by atoms with Gasteiger partial charge in [-0.3, -0.25) is 9.78 Å². The summed E-state index contributed by atoms with van der Waals surface area (Å²) in [5.74, 6) is -0.100. The number of anilines is 1. The molecule has 3 rings (SSSR count). The molecular weight excluding hydrogens is 278 g/mol. The SMILES string of the molecule is NCc1cn(C2C=C(O)C(CO)O2)c2nc(N)[nH]c(=O)c12.